The van der Waals surface area contributed by atoms with Crippen molar-refractivity contribution in [2.45, 2.75) is 38.7 Å². The Morgan fingerprint density at radius 1 is 1.45 bits per heavy atom. The first kappa shape index (κ1) is 10.6. The summed E-state index contributed by atoms with van der Waals surface area (Å²) in [6.45, 7) is 1.38. The summed E-state index contributed by atoms with van der Waals surface area (Å²) < 4.78 is 0. The minimum atomic E-state index is -0.609. The monoisotopic (exact) mass is 160 g/mol. The first-order chi connectivity index (χ1) is 5.16. The standard InChI is InChI=1S/C8H16O3/c1-7(10)4-2-3-5-8(11)6-9/h8-9,11H,2-6H2,1H3/t8-/m0/s1. The maximum Gasteiger partial charge on any atom is 0.129 e. The molecule has 0 saturated heterocycles. The lowest BCUT2D eigenvalue weighted by Gasteiger charge is -2.04. The Labute approximate surface area is 67.0 Å². The fourth-order valence-electron chi connectivity index (χ4n) is 0.845. The quantitative estimate of drug-likeness (QED) is 0.556. The van der Waals surface area contributed by atoms with Gasteiger partial charge in [0.05, 0.1) is 12.7 Å². The second kappa shape index (κ2) is 6.31. The number of rotatable bonds is 6. The van der Waals surface area contributed by atoms with Crippen LogP contribution in [0.4, 0.5) is 0 Å². The molecule has 0 aliphatic rings. The van der Waals surface area contributed by atoms with E-state index >= 15 is 0 Å². The van der Waals surface area contributed by atoms with E-state index in [1.54, 1.807) is 6.92 Å². The van der Waals surface area contributed by atoms with Gasteiger partial charge in [0.25, 0.3) is 0 Å². The minimum absolute atomic E-state index is 0.180. The smallest absolute Gasteiger partial charge is 0.129 e. The molecule has 2 N–H and O–H groups in total. The van der Waals surface area contributed by atoms with Gasteiger partial charge in [-0.05, 0) is 19.8 Å². The van der Waals surface area contributed by atoms with E-state index < -0.39 is 6.10 Å². The van der Waals surface area contributed by atoms with E-state index in [1.807, 2.05) is 0 Å². The summed E-state index contributed by atoms with van der Waals surface area (Å²) in [7, 11) is 0. The molecule has 0 spiro atoms. The fourth-order valence-corrected chi connectivity index (χ4v) is 0.845. The molecule has 3 nitrogen and oxygen atoms in total. The molecule has 0 saturated carbocycles. The number of aliphatic hydroxyl groups is 2. The molecule has 3 heteroatoms. The minimum Gasteiger partial charge on any atom is -0.394 e. The number of aliphatic hydroxyl groups excluding tert-OH is 2. The number of ketones is 1. The van der Waals surface area contributed by atoms with E-state index in [-0.39, 0.29) is 12.4 Å². The van der Waals surface area contributed by atoms with Crippen LogP contribution in [0.15, 0.2) is 0 Å². The van der Waals surface area contributed by atoms with E-state index in [1.165, 1.54) is 0 Å². The van der Waals surface area contributed by atoms with Crippen molar-refractivity contribution in [2.75, 3.05) is 6.61 Å². The molecule has 0 amide bonds. The summed E-state index contributed by atoms with van der Waals surface area (Å²) in [6.07, 6.45) is 2.18. The van der Waals surface area contributed by atoms with Crippen LogP contribution in [0.2, 0.25) is 0 Å². The van der Waals surface area contributed by atoms with Crippen molar-refractivity contribution in [3.05, 3.63) is 0 Å². The third kappa shape index (κ3) is 7.49. The zero-order valence-electron chi connectivity index (χ0n) is 6.92. The zero-order chi connectivity index (χ0) is 8.69. The molecule has 0 aromatic rings. The number of Topliss-reactive ketones (excluding diaryl/α,β-unsaturated/α-hetero) is 1. The SMILES string of the molecule is CC(=O)CCCC[C@H](O)CO. The lowest BCUT2D eigenvalue weighted by molar-refractivity contribution is -0.117. The van der Waals surface area contributed by atoms with Crippen LogP contribution in [0.3, 0.4) is 0 Å². The van der Waals surface area contributed by atoms with Crippen molar-refractivity contribution in [3.63, 3.8) is 0 Å². The van der Waals surface area contributed by atoms with E-state index in [9.17, 15) is 4.79 Å². The van der Waals surface area contributed by atoms with Crippen LogP contribution in [0, 0.1) is 0 Å². The number of unbranched alkanes of at least 4 members (excludes halogenated alkanes) is 1. The van der Waals surface area contributed by atoms with Crippen molar-refractivity contribution in [1.29, 1.82) is 0 Å². The van der Waals surface area contributed by atoms with Crippen molar-refractivity contribution in [2.24, 2.45) is 0 Å². The van der Waals surface area contributed by atoms with Crippen molar-refractivity contribution >= 4 is 5.78 Å². The Kier molecular flexibility index (Phi) is 6.07. The molecule has 66 valence electrons. The van der Waals surface area contributed by atoms with Gasteiger partial charge < -0.3 is 15.0 Å². The van der Waals surface area contributed by atoms with Crippen molar-refractivity contribution in [3.8, 4) is 0 Å². The summed E-state index contributed by atoms with van der Waals surface area (Å²) in [5.41, 5.74) is 0. The highest BCUT2D eigenvalue weighted by molar-refractivity contribution is 5.75. The first-order valence-corrected chi connectivity index (χ1v) is 3.95. The Morgan fingerprint density at radius 3 is 2.55 bits per heavy atom. The van der Waals surface area contributed by atoms with Gasteiger partial charge in [0.1, 0.15) is 5.78 Å². The van der Waals surface area contributed by atoms with Gasteiger partial charge in [-0.15, -0.1) is 0 Å². The van der Waals surface area contributed by atoms with Crippen molar-refractivity contribution < 1.29 is 15.0 Å². The van der Waals surface area contributed by atoms with Crippen LogP contribution in [0.25, 0.3) is 0 Å². The average Bonchev–Trinajstić information content (AvgIpc) is 1.97. The van der Waals surface area contributed by atoms with E-state index in [4.69, 9.17) is 10.2 Å². The predicted molar refractivity (Wildman–Crippen MR) is 42.2 cm³/mol. The lowest BCUT2D eigenvalue weighted by Crippen LogP contribution is -2.11. The highest BCUT2D eigenvalue weighted by Crippen LogP contribution is 2.03. The normalized spacial score (nSPS) is 13.0. The summed E-state index contributed by atoms with van der Waals surface area (Å²) in [4.78, 5) is 10.4. The summed E-state index contributed by atoms with van der Waals surface area (Å²) in [5.74, 6) is 0.184. The Morgan fingerprint density at radius 2 is 2.09 bits per heavy atom. The highest BCUT2D eigenvalue weighted by Gasteiger charge is 2.01. The van der Waals surface area contributed by atoms with Crippen LogP contribution >= 0.6 is 0 Å². The molecule has 0 heterocycles. The predicted octanol–water partition coefficient (Wildman–Crippen LogP) is 0.489. The summed E-state index contributed by atoms with van der Waals surface area (Å²) in [6, 6.07) is 0. The van der Waals surface area contributed by atoms with Crippen LogP contribution < -0.4 is 0 Å². The molecule has 0 radical (unpaired) electrons. The average molecular weight is 160 g/mol. The Bertz CT molecular complexity index is 112. The maximum absolute atomic E-state index is 10.4. The molecule has 0 unspecified atom stereocenters. The van der Waals surface area contributed by atoms with Gasteiger partial charge >= 0.3 is 0 Å². The first-order valence-electron chi connectivity index (χ1n) is 3.95. The number of hydrogen-bond donors (Lipinski definition) is 2. The molecule has 0 aliphatic carbocycles. The number of hydrogen-bond acceptors (Lipinski definition) is 3. The van der Waals surface area contributed by atoms with Crippen molar-refractivity contribution in [1.82, 2.24) is 0 Å². The summed E-state index contributed by atoms with van der Waals surface area (Å²) >= 11 is 0. The molecular formula is C8H16O3. The van der Waals surface area contributed by atoms with Crippen LogP contribution in [0.1, 0.15) is 32.6 Å². The fraction of sp³-hybridized carbons (Fsp3) is 0.875. The van der Waals surface area contributed by atoms with Gasteiger partial charge in [-0.2, -0.15) is 0 Å². The topological polar surface area (TPSA) is 57.5 Å². The maximum atomic E-state index is 10.4. The molecule has 0 fully saturated rings. The molecule has 11 heavy (non-hydrogen) atoms. The Balaban J connectivity index is 3.08. The largest absolute Gasteiger partial charge is 0.394 e. The van der Waals surface area contributed by atoms with Gasteiger partial charge in [0, 0.05) is 6.42 Å². The summed E-state index contributed by atoms with van der Waals surface area (Å²) in [5, 5.41) is 17.3. The van der Waals surface area contributed by atoms with E-state index in [2.05, 4.69) is 0 Å². The molecule has 0 aromatic heterocycles. The zero-order valence-corrected chi connectivity index (χ0v) is 6.92. The molecule has 0 bridgehead atoms. The van der Waals surface area contributed by atoms with Crippen LogP contribution in [0.5, 0.6) is 0 Å². The second-order valence-electron chi connectivity index (χ2n) is 2.78. The third-order valence-electron chi connectivity index (χ3n) is 1.53. The number of carbonyl (C=O) groups is 1. The number of carbonyl (C=O) groups excluding carboxylic acids is 1. The molecule has 0 aliphatic heterocycles. The van der Waals surface area contributed by atoms with Crippen LogP contribution in [-0.2, 0) is 4.79 Å². The van der Waals surface area contributed by atoms with E-state index in [0.717, 1.165) is 12.8 Å². The molecule has 0 rings (SSSR count). The van der Waals surface area contributed by atoms with Gasteiger partial charge in [-0.1, -0.05) is 6.42 Å². The molecule has 1 atom stereocenters. The third-order valence-corrected chi connectivity index (χ3v) is 1.53. The van der Waals surface area contributed by atoms with Crippen LogP contribution in [-0.4, -0.2) is 28.7 Å². The van der Waals surface area contributed by atoms with Gasteiger partial charge in [0.2, 0.25) is 0 Å². The molecular weight excluding hydrogens is 144 g/mol. The lowest BCUT2D eigenvalue weighted by atomic mass is 10.1. The van der Waals surface area contributed by atoms with Gasteiger partial charge in [-0.3, -0.25) is 0 Å². The highest BCUT2D eigenvalue weighted by atomic mass is 16.3. The molecule has 0 aromatic carbocycles. The van der Waals surface area contributed by atoms with E-state index in [0.29, 0.717) is 12.8 Å². The Hall–Kier alpha value is -0.410. The second-order valence-corrected chi connectivity index (χ2v) is 2.78. The van der Waals surface area contributed by atoms with Gasteiger partial charge in [-0.25, -0.2) is 0 Å². The van der Waals surface area contributed by atoms with Gasteiger partial charge in [0.15, 0.2) is 0 Å².